The SMILES string of the molecule is Cc1nc2ccccc2nc1CSCC(=O)Nc1ccccc1Oc1ccccc1. The number of aromatic nitrogens is 2. The lowest BCUT2D eigenvalue weighted by atomic mass is 10.2. The van der Waals surface area contributed by atoms with E-state index in [0.717, 1.165) is 28.2 Å². The van der Waals surface area contributed by atoms with E-state index in [9.17, 15) is 4.79 Å². The van der Waals surface area contributed by atoms with Gasteiger partial charge < -0.3 is 10.1 Å². The normalized spacial score (nSPS) is 10.7. The third-order valence-corrected chi connectivity index (χ3v) is 5.39. The van der Waals surface area contributed by atoms with Gasteiger partial charge in [0.15, 0.2) is 5.75 Å². The quantitative estimate of drug-likeness (QED) is 0.425. The number of thioether (sulfide) groups is 1. The second-order valence-electron chi connectivity index (χ2n) is 6.70. The molecule has 1 N–H and O–H groups in total. The molecule has 5 nitrogen and oxygen atoms in total. The van der Waals surface area contributed by atoms with Crippen LogP contribution in [0.1, 0.15) is 11.4 Å². The first-order valence-electron chi connectivity index (χ1n) is 9.61. The second-order valence-corrected chi connectivity index (χ2v) is 7.68. The van der Waals surface area contributed by atoms with Crippen molar-refractivity contribution in [3.63, 3.8) is 0 Å². The number of nitrogens with one attached hydrogen (secondary N) is 1. The van der Waals surface area contributed by atoms with Crippen LogP contribution in [0, 0.1) is 6.92 Å². The van der Waals surface area contributed by atoms with Gasteiger partial charge in [0, 0.05) is 5.75 Å². The summed E-state index contributed by atoms with van der Waals surface area (Å²) in [6, 6.07) is 24.7. The highest BCUT2D eigenvalue weighted by Gasteiger charge is 2.10. The summed E-state index contributed by atoms with van der Waals surface area (Å²) < 4.78 is 5.90. The van der Waals surface area contributed by atoms with Gasteiger partial charge >= 0.3 is 0 Å². The van der Waals surface area contributed by atoms with Crippen molar-refractivity contribution in [3.8, 4) is 11.5 Å². The van der Waals surface area contributed by atoms with Crippen LogP contribution >= 0.6 is 11.8 Å². The van der Waals surface area contributed by atoms with E-state index in [0.29, 0.717) is 22.9 Å². The van der Waals surface area contributed by atoms with E-state index in [1.165, 1.54) is 11.8 Å². The Bertz CT molecular complexity index is 1170. The number of ether oxygens (including phenoxy) is 1. The lowest BCUT2D eigenvalue weighted by Gasteiger charge is -2.12. The zero-order valence-corrected chi connectivity index (χ0v) is 17.4. The zero-order chi connectivity index (χ0) is 20.8. The minimum absolute atomic E-state index is 0.0875. The molecule has 0 unspecified atom stereocenters. The molecule has 0 atom stereocenters. The van der Waals surface area contributed by atoms with Gasteiger partial charge in [-0.2, -0.15) is 0 Å². The molecule has 0 spiro atoms. The summed E-state index contributed by atoms with van der Waals surface area (Å²) in [6.45, 7) is 1.95. The molecule has 0 bridgehead atoms. The molecule has 1 aromatic heterocycles. The van der Waals surface area contributed by atoms with Crippen molar-refractivity contribution in [2.24, 2.45) is 0 Å². The number of fused-ring (bicyclic) bond motifs is 1. The van der Waals surface area contributed by atoms with Gasteiger partial charge in [-0.3, -0.25) is 4.79 Å². The largest absolute Gasteiger partial charge is 0.455 e. The maximum atomic E-state index is 12.5. The van der Waals surface area contributed by atoms with Gasteiger partial charge in [-0.05, 0) is 43.3 Å². The monoisotopic (exact) mass is 415 g/mol. The Morgan fingerprint density at radius 3 is 2.37 bits per heavy atom. The Hall–Kier alpha value is -3.38. The van der Waals surface area contributed by atoms with Gasteiger partial charge in [0.05, 0.1) is 33.9 Å². The standard InChI is InChI=1S/C24H21N3O2S/c1-17-22(26-20-12-6-5-11-19(20)25-17)15-30-16-24(28)27-21-13-7-8-14-23(21)29-18-9-3-2-4-10-18/h2-14H,15-16H2,1H3,(H,27,28). The van der Waals surface area contributed by atoms with Crippen LogP contribution in [0.3, 0.4) is 0 Å². The fourth-order valence-electron chi connectivity index (χ4n) is 2.96. The first-order valence-corrected chi connectivity index (χ1v) is 10.8. The van der Waals surface area contributed by atoms with Crippen LogP contribution in [-0.2, 0) is 10.5 Å². The fraction of sp³-hybridized carbons (Fsp3) is 0.125. The molecule has 0 aliphatic heterocycles. The van der Waals surface area contributed by atoms with E-state index in [-0.39, 0.29) is 5.91 Å². The molecular weight excluding hydrogens is 394 g/mol. The van der Waals surface area contributed by atoms with Crippen LogP contribution in [-0.4, -0.2) is 21.6 Å². The number of benzene rings is 3. The lowest BCUT2D eigenvalue weighted by Crippen LogP contribution is -2.15. The Morgan fingerprint density at radius 1 is 0.900 bits per heavy atom. The van der Waals surface area contributed by atoms with Crippen LogP contribution in [0.2, 0.25) is 0 Å². The molecule has 150 valence electrons. The average molecular weight is 416 g/mol. The topological polar surface area (TPSA) is 64.1 Å². The predicted molar refractivity (Wildman–Crippen MR) is 122 cm³/mol. The van der Waals surface area contributed by atoms with Crippen LogP contribution in [0.4, 0.5) is 5.69 Å². The molecule has 0 aliphatic carbocycles. The molecule has 0 fully saturated rings. The average Bonchev–Trinajstić information content (AvgIpc) is 2.76. The van der Waals surface area contributed by atoms with E-state index in [2.05, 4.69) is 15.3 Å². The molecule has 0 aliphatic rings. The van der Waals surface area contributed by atoms with Gasteiger partial charge in [0.1, 0.15) is 5.75 Å². The number of anilines is 1. The van der Waals surface area contributed by atoms with E-state index >= 15 is 0 Å². The van der Waals surface area contributed by atoms with Crippen LogP contribution < -0.4 is 10.1 Å². The second kappa shape index (κ2) is 9.41. The van der Waals surface area contributed by atoms with Gasteiger partial charge in [-0.15, -0.1) is 11.8 Å². The van der Waals surface area contributed by atoms with Gasteiger partial charge in [0.2, 0.25) is 5.91 Å². The number of rotatable bonds is 7. The third-order valence-electron chi connectivity index (χ3n) is 4.45. The minimum atomic E-state index is -0.0875. The number of nitrogens with zero attached hydrogens (tertiary/aromatic N) is 2. The molecule has 30 heavy (non-hydrogen) atoms. The lowest BCUT2D eigenvalue weighted by molar-refractivity contribution is -0.113. The van der Waals surface area contributed by atoms with Gasteiger partial charge in [0.25, 0.3) is 0 Å². The summed E-state index contributed by atoms with van der Waals surface area (Å²) in [5, 5.41) is 2.94. The summed E-state index contributed by atoms with van der Waals surface area (Å²) in [5.41, 5.74) is 4.20. The van der Waals surface area contributed by atoms with Crippen molar-refractivity contribution in [2.75, 3.05) is 11.1 Å². The highest BCUT2D eigenvalue weighted by atomic mass is 32.2. The van der Waals surface area contributed by atoms with Crippen LogP contribution in [0.15, 0.2) is 78.9 Å². The van der Waals surface area contributed by atoms with Crippen LogP contribution in [0.25, 0.3) is 11.0 Å². The van der Waals surface area contributed by atoms with Crippen molar-refractivity contribution < 1.29 is 9.53 Å². The van der Waals surface area contributed by atoms with Crippen molar-refractivity contribution in [2.45, 2.75) is 12.7 Å². The van der Waals surface area contributed by atoms with Gasteiger partial charge in [-0.1, -0.05) is 42.5 Å². The van der Waals surface area contributed by atoms with E-state index in [1.807, 2.05) is 85.8 Å². The van der Waals surface area contributed by atoms with Crippen LogP contribution in [0.5, 0.6) is 11.5 Å². The summed E-state index contributed by atoms with van der Waals surface area (Å²) in [5.74, 6) is 2.18. The zero-order valence-electron chi connectivity index (χ0n) is 16.5. The highest BCUT2D eigenvalue weighted by Crippen LogP contribution is 2.29. The Labute approximate surface area is 179 Å². The molecule has 0 radical (unpaired) electrons. The molecule has 4 rings (SSSR count). The number of hydrogen-bond acceptors (Lipinski definition) is 5. The number of amides is 1. The summed E-state index contributed by atoms with van der Waals surface area (Å²) in [4.78, 5) is 21.8. The molecule has 1 heterocycles. The molecule has 0 saturated heterocycles. The predicted octanol–water partition coefficient (Wildman–Crippen LogP) is 5.60. The molecule has 1 amide bonds. The first kappa shape index (κ1) is 19.9. The Balaban J connectivity index is 1.36. The third kappa shape index (κ3) is 4.96. The summed E-state index contributed by atoms with van der Waals surface area (Å²) >= 11 is 1.51. The van der Waals surface area contributed by atoms with Crippen molar-refractivity contribution in [3.05, 3.63) is 90.3 Å². The molecule has 6 heteroatoms. The Morgan fingerprint density at radius 2 is 1.57 bits per heavy atom. The van der Waals surface area contributed by atoms with Crippen molar-refractivity contribution in [1.82, 2.24) is 9.97 Å². The first-order chi connectivity index (χ1) is 14.7. The van der Waals surface area contributed by atoms with E-state index in [4.69, 9.17) is 4.74 Å². The highest BCUT2D eigenvalue weighted by molar-refractivity contribution is 7.99. The number of carbonyl (C=O) groups excluding carboxylic acids is 1. The number of hydrogen-bond donors (Lipinski definition) is 1. The van der Waals surface area contributed by atoms with Gasteiger partial charge in [-0.25, -0.2) is 9.97 Å². The Kier molecular flexibility index (Phi) is 6.25. The maximum Gasteiger partial charge on any atom is 0.234 e. The molecule has 3 aromatic carbocycles. The number of aryl methyl sites for hydroxylation is 1. The molecule has 0 saturated carbocycles. The van der Waals surface area contributed by atoms with E-state index < -0.39 is 0 Å². The minimum Gasteiger partial charge on any atom is -0.455 e. The van der Waals surface area contributed by atoms with E-state index in [1.54, 1.807) is 0 Å². The van der Waals surface area contributed by atoms with Crippen molar-refractivity contribution in [1.29, 1.82) is 0 Å². The smallest absolute Gasteiger partial charge is 0.234 e. The number of carbonyl (C=O) groups is 1. The maximum absolute atomic E-state index is 12.5. The number of para-hydroxylation sites is 5. The molecule has 4 aromatic rings. The fourth-order valence-corrected chi connectivity index (χ4v) is 3.79. The summed E-state index contributed by atoms with van der Waals surface area (Å²) in [7, 11) is 0. The summed E-state index contributed by atoms with van der Waals surface area (Å²) in [6.07, 6.45) is 0. The molecular formula is C24H21N3O2S. The van der Waals surface area contributed by atoms with Crippen molar-refractivity contribution >= 4 is 34.4 Å².